The zero-order valence-electron chi connectivity index (χ0n) is 26.3. The van der Waals surface area contributed by atoms with Crippen LogP contribution in [0.3, 0.4) is 0 Å². The third kappa shape index (κ3) is 14.9. The number of nitrogens with one attached hydrogen (secondary N) is 1. The van der Waals surface area contributed by atoms with Gasteiger partial charge in [0.15, 0.2) is 0 Å². The van der Waals surface area contributed by atoms with E-state index in [1.54, 1.807) is 9.80 Å². The first kappa shape index (κ1) is 37.9. The van der Waals surface area contributed by atoms with Crippen molar-refractivity contribution in [2.24, 2.45) is 17.6 Å². The highest BCUT2D eigenvalue weighted by Gasteiger charge is 2.31. The van der Waals surface area contributed by atoms with Gasteiger partial charge in [-0.2, -0.15) is 0 Å². The number of likely N-dealkylation sites (tertiary alicyclic amines) is 2. The molecule has 2 fully saturated rings. The number of halogens is 1. The topological polar surface area (TPSA) is 114 Å². The molecule has 0 spiro atoms. The third-order valence-electron chi connectivity index (χ3n) is 6.68. The first-order chi connectivity index (χ1) is 17.2. The zero-order valence-corrected chi connectivity index (χ0v) is 27.9. The van der Waals surface area contributed by atoms with E-state index in [1.165, 1.54) is 0 Å². The minimum absolute atomic E-state index is 0. The van der Waals surface area contributed by atoms with Gasteiger partial charge in [-0.1, -0.05) is 0 Å². The minimum atomic E-state index is -1.06. The average Bonchev–Trinajstić information content (AvgIpc) is 2.76. The number of nitrogens with two attached hydrogens (primary N) is 1. The Morgan fingerprint density at radius 2 is 1.10 bits per heavy atom. The Morgan fingerprint density at radius 1 is 0.769 bits per heavy atom. The molecular formula is C28H57ClN4O5S. The lowest BCUT2D eigenvalue weighted by Crippen LogP contribution is -2.47. The predicted molar refractivity (Wildman–Crippen MR) is 162 cm³/mol. The highest BCUT2D eigenvalue weighted by Crippen LogP contribution is 2.24. The van der Waals surface area contributed by atoms with Crippen molar-refractivity contribution in [1.82, 2.24) is 14.5 Å². The second kappa shape index (κ2) is 15.8. The van der Waals surface area contributed by atoms with Gasteiger partial charge in [0.1, 0.15) is 11.2 Å². The van der Waals surface area contributed by atoms with E-state index in [4.69, 9.17) is 15.2 Å². The lowest BCUT2D eigenvalue weighted by atomic mass is 9.91. The molecule has 0 aromatic rings. The van der Waals surface area contributed by atoms with Crippen molar-refractivity contribution in [1.29, 1.82) is 0 Å². The van der Waals surface area contributed by atoms with Crippen molar-refractivity contribution in [3.8, 4) is 0 Å². The Hall–Kier alpha value is -1.10. The van der Waals surface area contributed by atoms with E-state index in [2.05, 4.69) is 11.6 Å². The Kier molecular flexibility index (Phi) is 15.3. The van der Waals surface area contributed by atoms with Gasteiger partial charge in [0.2, 0.25) is 0 Å². The van der Waals surface area contributed by atoms with Gasteiger partial charge in [-0.15, -0.1) is 12.4 Å². The molecule has 9 nitrogen and oxygen atoms in total. The van der Waals surface area contributed by atoms with Gasteiger partial charge >= 0.3 is 12.2 Å². The number of nitrogens with zero attached hydrogens (tertiary/aromatic N) is 2. The highest BCUT2D eigenvalue weighted by molar-refractivity contribution is 7.84. The van der Waals surface area contributed by atoms with Crippen LogP contribution in [0.4, 0.5) is 9.59 Å². The van der Waals surface area contributed by atoms with E-state index in [0.29, 0.717) is 24.9 Å². The van der Waals surface area contributed by atoms with Gasteiger partial charge < -0.3 is 25.0 Å². The summed E-state index contributed by atoms with van der Waals surface area (Å²) in [5.41, 5.74) is 5.00. The number of hydrogen-bond donors (Lipinski definition) is 2. The van der Waals surface area contributed by atoms with Crippen molar-refractivity contribution < 1.29 is 23.3 Å². The number of ether oxygens (including phenoxy) is 2. The third-order valence-corrected chi connectivity index (χ3v) is 8.38. The standard InChI is InChI=1S/C16H32N2O3S.C12H24N2O2.ClH/c1-12(17-22(20)16(5,6)7)13-8-10-18(11-9-13)14(19)21-15(2,3)4;1-9(13)10-5-7-14(8-6-10)11(15)16-12(2,3)4;/h12-13,17H,8-11H2,1-7H3;9-10H,5-8,13H2,1-4H3;1H/t12?,22-;;/m1../s1. The van der Waals surface area contributed by atoms with Crippen LogP contribution in [0.2, 0.25) is 0 Å². The molecule has 0 aromatic heterocycles. The fraction of sp³-hybridized carbons (Fsp3) is 0.929. The van der Waals surface area contributed by atoms with Gasteiger partial charge in [-0.05, 0) is 114 Å². The minimum Gasteiger partial charge on any atom is -0.444 e. The number of piperidine rings is 2. The maximum absolute atomic E-state index is 12.2. The van der Waals surface area contributed by atoms with Crippen molar-refractivity contribution in [2.45, 2.75) is 130 Å². The van der Waals surface area contributed by atoms with Crippen molar-refractivity contribution in [2.75, 3.05) is 26.2 Å². The maximum Gasteiger partial charge on any atom is 0.410 e. The summed E-state index contributed by atoms with van der Waals surface area (Å²) >= 11 is 0. The number of carbonyl (C=O) groups excluding carboxylic acids is 2. The van der Waals surface area contributed by atoms with Crippen molar-refractivity contribution in [3.63, 3.8) is 0 Å². The number of carbonyl (C=O) groups is 2. The summed E-state index contributed by atoms with van der Waals surface area (Å²) in [6.07, 6.45) is 3.36. The molecule has 2 heterocycles. The van der Waals surface area contributed by atoms with Gasteiger partial charge in [0, 0.05) is 38.3 Å². The quantitative estimate of drug-likeness (QED) is 0.444. The lowest BCUT2D eigenvalue weighted by molar-refractivity contribution is 0.0166. The maximum atomic E-state index is 12.2. The van der Waals surface area contributed by atoms with E-state index in [9.17, 15) is 13.8 Å². The fourth-order valence-corrected chi connectivity index (χ4v) is 5.17. The Bertz CT molecular complexity index is 776. The van der Waals surface area contributed by atoms with Crippen LogP contribution in [0.5, 0.6) is 0 Å². The molecule has 2 unspecified atom stereocenters. The summed E-state index contributed by atoms with van der Waals surface area (Å²) in [7, 11) is -1.06. The van der Waals surface area contributed by atoms with Crippen LogP contribution in [0.25, 0.3) is 0 Å². The fourth-order valence-electron chi connectivity index (χ4n) is 4.28. The highest BCUT2D eigenvalue weighted by atomic mass is 35.5. The lowest BCUT2D eigenvalue weighted by Gasteiger charge is -2.36. The number of amides is 2. The van der Waals surface area contributed by atoms with Crippen LogP contribution in [-0.2, 0) is 20.5 Å². The molecule has 11 heteroatoms. The summed E-state index contributed by atoms with van der Waals surface area (Å²) in [5.74, 6) is 0.976. The molecule has 3 N–H and O–H groups in total. The Balaban J connectivity index is 0.000000756. The largest absolute Gasteiger partial charge is 0.444 e. The van der Waals surface area contributed by atoms with Crippen LogP contribution >= 0.6 is 12.4 Å². The smallest absolute Gasteiger partial charge is 0.410 e. The summed E-state index contributed by atoms with van der Waals surface area (Å²) in [5, 5.41) is 0. The molecule has 0 saturated carbocycles. The summed E-state index contributed by atoms with van der Waals surface area (Å²) in [6.45, 7) is 24.3. The normalized spacial score (nSPS) is 20.1. The molecule has 2 aliphatic rings. The molecule has 2 rings (SSSR count). The molecule has 232 valence electrons. The molecule has 2 saturated heterocycles. The van der Waals surface area contributed by atoms with E-state index in [0.717, 1.165) is 38.8 Å². The zero-order chi connectivity index (χ0) is 29.5. The Labute approximate surface area is 246 Å². The molecule has 0 bridgehead atoms. The molecule has 3 atom stereocenters. The summed E-state index contributed by atoms with van der Waals surface area (Å²) in [6, 6.07) is 0.404. The van der Waals surface area contributed by atoms with Crippen LogP contribution < -0.4 is 10.5 Å². The molecule has 2 aliphatic heterocycles. The number of rotatable bonds is 4. The van der Waals surface area contributed by atoms with Gasteiger partial charge in [0.05, 0.1) is 15.7 Å². The summed E-state index contributed by atoms with van der Waals surface area (Å²) < 4.78 is 25.8. The van der Waals surface area contributed by atoms with E-state index in [-0.39, 0.29) is 41.4 Å². The van der Waals surface area contributed by atoms with Crippen LogP contribution in [0, 0.1) is 11.8 Å². The van der Waals surface area contributed by atoms with Gasteiger partial charge in [-0.25, -0.2) is 18.5 Å². The molecule has 39 heavy (non-hydrogen) atoms. The van der Waals surface area contributed by atoms with Crippen LogP contribution in [-0.4, -0.2) is 80.4 Å². The SMILES string of the molecule is CC(N)C1CCN(C(=O)OC(C)(C)C)CC1.CC(N[S@](=O)C(C)(C)C)C1CCN(C(=O)OC(C)(C)C)CC1.Cl. The molecule has 2 amide bonds. The van der Waals surface area contributed by atoms with Crippen molar-refractivity contribution in [3.05, 3.63) is 0 Å². The van der Waals surface area contributed by atoms with Gasteiger partial charge in [0.25, 0.3) is 0 Å². The molecular weight excluding hydrogens is 540 g/mol. The summed E-state index contributed by atoms with van der Waals surface area (Å²) in [4.78, 5) is 27.4. The second-order valence-electron chi connectivity index (χ2n) is 13.8. The van der Waals surface area contributed by atoms with Crippen molar-refractivity contribution >= 4 is 35.6 Å². The van der Waals surface area contributed by atoms with E-state index >= 15 is 0 Å². The average molecular weight is 597 g/mol. The van der Waals surface area contributed by atoms with E-state index in [1.807, 2.05) is 69.2 Å². The molecule has 0 aliphatic carbocycles. The second-order valence-corrected chi connectivity index (χ2v) is 15.8. The van der Waals surface area contributed by atoms with Gasteiger partial charge in [-0.3, -0.25) is 0 Å². The van der Waals surface area contributed by atoms with Crippen LogP contribution in [0.15, 0.2) is 0 Å². The monoisotopic (exact) mass is 596 g/mol. The van der Waals surface area contributed by atoms with E-state index < -0.39 is 22.2 Å². The predicted octanol–water partition coefficient (Wildman–Crippen LogP) is 5.48. The first-order valence-corrected chi connectivity index (χ1v) is 15.2. The molecule has 0 radical (unpaired) electrons. The Morgan fingerprint density at radius 3 is 1.38 bits per heavy atom. The van der Waals surface area contributed by atoms with Crippen LogP contribution in [0.1, 0.15) is 102 Å². The number of hydrogen-bond acceptors (Lipinski definition) is 6. The first-order valence-electron chi connectivity index (χ1n) is 14.1. The molecule has 0 aromatic carbocycles.